The Morgan fingerprint density at radius 3 is 2.61 bits per heavy atom. The third kappa shape index (κ3) is 3.70. The van der Waals surface area contributed by atoms with E-state index in [2.05, 4.69) is 5.32 Å². The summed E-state index contributed by atoms with van der Waals surface area (Å²) in [7, 11) is -0.854. The van der Waals surface area contributed by atoms with Crippen molar-refractivity contribution >= 4 is 43.0 Å². The summed E-state index contributed by atoms with van der Waals surface area (Å²) in [5.41, 5.74) is 1.34. The highest BCUT2D eigenvalue weighted by atomic mass is 32.2. The Bertz CT molecular complexity index is 1140. The fourth-order valence-corrected chi connectivity index (χ4v) is 5.24. The van der Waals surface area contributed by atoms with E-state index < -0.39 is 10.0 Å². The fourth-order valence-electron chi connectivity index (χ4n) is 2.86. The van der Waals surface area contributed by atoms with Gasteiger partial charge in [0, 0.05) is 18.3 Å². The number of nitrogens with one attached hydrogen (secondary N) is 1. The molecule has 0 fully saturated rings. The standard InChI is InChI=1S/C20H22N2O4S2/c1-5-21-20(23)18-12-14-11-15(7-9-17(14)27-18)22(3)28(24,25)19-10-13(2)6-8-16(19)26-4/h6-12H,5H2,1-4H3,(H,21,23). The van der Waals surface area contributed by atoms with E-state index in [0.29, 0.717) is 22.9 Å². The summed E-state index contributed by atoms with van der Waals surface area (Å²) in [6.45, 7) is 4.25. The van der Waals surface area contributed by atoms with Crippen LogP contribution in [-0.2, 0) is 10.0 Å². The van der Waals surface area contributed by atoms with E-state index in [1.807, 2.05) is 19.9 Å². The molecule has 0 saturated carbocycles. The second-order valence-corrected chi connectivity index (χ2v) is 9.34. The highest BCUT2D eigenvalue weighted by Gasteiger charge is 2.26. The molecule has 8 heteroatoms. The van der Waals surface area contributed by atoms with Gasteiger partial charge in [0.1, 0.15) is 10.6 Å². The summed E-state index contributed by atoms with van der Waals surface area (Å²) < 4.78 is 33.8. The number of fused-ring (bicyclic) bond motifs is 1. The lowest BCUT2D eigenvalue weighted by Gasteiger charge is -2.21. The molecule has 2 aromatic carbocycles. The van der Waals surface area contributed by atoms with Gasteiger partial charge in [-0.15, -0.1) is 11.3 Å². The average Bonchev–Trinajstić information content (AvgIpc) is 3.11. The summed E-state index contributed by atoms with van der Waals surface area (Å²) in [5.74, 6) is 0.170. The van der Waals surface area contributed by atoms with E-state index in [1.165, 1.54) is 29.8 Å². The molecule has 6 nitrogen and oxygen atoms in total. The average molecular weight is 419 g/mol. The molecule has 0 aliphatic rings. The minimum atomic E-state index is -3.81. The van der Waals surface area contributed by atoms with Gasteiger partial charge in [0.25, 0.3) is 15.9 Å². The second kappa shape index (κ2) is 7.81. The molecule has 0 saturated heterocycles. The molecule has 148 valence electrons. The Morgan fingerprint density at radius 1 is 1.18 bits per heavy atom. The maximum atomic E-state index is 13.2. The van der Waals surface area contributed by atoms with Crippen molar-refractivity contribution in [2.75, 3.05) is 25.0 Å². The Morgan fingerprint density at radius 2 is 1.93 bits per heavy atom. The number of methoxy groups -OCH3 is 1. The zero-order valence-corrected chi connectivity index (χ0v) is 17.8. The van der Waals surface area contributed by atoms with Crippen molar-refractivity contribution in [3.05, 3.63) is 52.9 Å². The molecule has 0 aliphatic carbocycles. The van der Waals surface area contributed by atoms with Gasteiger partial charge in [-0.1, -0.05) is 6.07 Å². The minimum Gasteiger partial charge on any atom is -0.495 e. The van der Waals surface area contributed by atoms with Crippen molar-refractivity contribution in [3.63, 3.8) is 0 Å². The number of anilines is 1. The van der Waals surface area contributed by atoms with E-state index in [1.54, 1.807) is 36.4 Å². The number of rotatable bonds is 6. The first-order valence-electron chi connectivity index (χ1n) is 8.73. The van der Waals surface area contributed by atoms with Crippen LogP contribution in [0.15, 0.2) is 47.4 Å². The van der Waals surface area contributed by atoms with Crippen LogP contribution in [0.1, 0.15) is 22.2 Å². The van der Waals surface area contributed by atoms with Crippen molar-refractivity contribution in [1.29, 1.82) is 0 Å². The number of benzene rings is 2. The van der Waals surface area contributed by atoms with Gasteiger partial charge in [-0.2, -0.15) is 0 Å². The maximum absolute atomic E-state index is 13.2. The molecule has 0 spiro atoms. The van der Waals surface area contributed by atoms with E-state index in [4.69, 9.17) is 4.74 Å². The van der Waals surface area contributed by atoms with Crippen LogP contribution < -0.4 is 14.4 Å². The maximum Gasteiger partial charge on any atom is 0.267 e. The summed E-state index contributed by atoms with van der Waals surface area (Å²) in [6.07, 6.45) is 0. The van der Waals surface area contributed by atoms with Crippen LogP contribution in [0.25, 0.3) is 10.1 Å². The van der Waals surface area contributed by atoms with E-state index in [-0.39, 0.29) is 10.8 Å². The monoisotopic (exact) mass is 418 g/mol. The molecule has 28 heavy (non-hydrogen) atoms. The number of hydrogen-bond acceptors (Lipinski definition) is 5. The molecule has 1 heterocycles. The van der Waals surface area contributed by atoms with Gasteiger partial charge in [-0.05, 0) is 61.2 Å². The van der Waals surface area contributed by atoms with Gasteiger partial charge in [0.15, 0.2) is 0 Å². The first-order valence-corrected chi connectivity index (χ1v) is 11.0. The van der Waals surface area contributed by atoms with Crippen LogP contribution in [0.4, 0.5) is 5.69 Å². The number of ether oxygens (including phenoxy) is 1. The van der Waals surface area contributed by atoms with Crippen LogP contribution in [0.3, 0.4) is 0 Å². The summed E-state index contributed by atoms with van der Waals surface area (Å²) in [5, 5.41) is 3.60. The lowest BCUT2D eigenvalue weighted by molar-refractivity contribution is 0.0960. The molecule has 0 aliphatic heterocycles. The molecule has 1 N–H and O–H groups in total. The van der Waals surface area contributed by atoms with Crippen LogP contribution in [0, 0.1) is 6.92 Å². The normalized spacial score (nSPS) is 11.4. The summed E-state index contributed by atoms with van der Waals surface area (Å²) >= 11 is 1.38. The number of hydrogen-bond donors (Lipinski definition) is 1. The molecule has 1 amide bonds. The van der Waals surface area contributed by atoms with E-state index in [9.17, 15) is 13.2 Å². The Balaban J connectivity index is 2.02. The van der Waals surface area contributed by atoms with E-state index >= 15 is 0 Å². The first-order chi connectivity index (χ1) is 13.3. The highest BCUT2D eigenvalue weighted by Crippen LogP contribution is 2.33. The fraction of sp³-hybridized carbons (Fsp3) is 0.250. The Hall–Kier alpha value is -2.58. The number of carbonyl (C=O) groups is 1. The SMILES string of the molecule is CCNC(=O)c1cc2cc(N(C)S(=O)(=O)c3cc(C)ccc3OC)ccc2s1. The van der Waals surface area contributed by atoms with Crippen molar-refractivity contribution in [3.8, 4) is 5.75 Å². The van der Waals surface area contributed by atoms with Crippen molar-refractivity contribution < 1.29 is 17.9 Å². The molecule has 0 atom stereocenters. The Kier molecular flexibility index (Phi) is 5.62. The number of thiophene rings is 1. The predicted molar refractivity (Wildman–Crippen MR) is 113 cm³/mol. The topological polar surface area (TPSA) is 75.7 Å². The molecule has 3 rings (SSSR count). The van der Waals surface area contributed by atoms with Gasteiger partial charge >= 0.3 is 0 Å². The highest BCUT2D eigenvalue weighted by molar-refractivity contribution is 7.93. The van der Waals surface area contributed by atoms with Gasteiger partial charge in [-0.25, -0.2) is 8.42 Å². The zero-order valence-electron chi connectivity index (χ0n) is 16.1. The quantitative estimate of drug-likeness (QED) is 0.661. The molecular weight excluding hydrogens is 396 g/mol. The van der Waals surface area contributed by atoms with E-state index in [0.717, 1.165) is 15.6 Å². The van der Waals surface area contributed by atoms with Gasteiger partial charge in [0.2, 0.25) is 0 Å². The van der Waals surface area contributed by atoms with Crippen molar-refractivity contribution in [1.82, 2.24) is 5.32 Å². The molecule has 1 aromatic heterocycles. The molecule has 3 aromatic rings. The van der Waals surface area contributed by atoms with Gasteiger partial charge in [-0.3, -0.25) is 9.10 Å². The first kappa shape index (κ1) is 20.2. The van der Waals surface area contributed by atoms with Crippen LogP contribution >= 0.6 is 11.3 Å². The van der Waals surface area contributed by atoms with Gasteiger partial charge in [0.05, 0.1) is 17.7 Å². The van der Waals surface area contributed by atoms with Crippen molar-refractivity contribution in [2.45, 2.75) is 18.7 Å². The molecule has 0 radical (unpaired) electrons. The van der Waals surface area contributed by atoms with Crippen molar-refractivity contribution in [2.24, 2.45) is 0 Å². The van der Waals surface area contributed by atoms with Gasteiger partial charge < -0.3 is 10.1 Å². The number of aryl methyl sites for hydroxylation is 1. The molecule has 0 bridgehead atoms. The zero-order chi connectivity index (χ0) is 20.5. The lowest BCUT2D eigenvalue weighted by atomic mass is 10.2. The molecular formula is C20H22N2O4S2. The lowest BCUT2D eigenvalue weighted by Crippen LogP contribution is -2.27. The third-order valence-corrected chi connectivity index (χ3v) is 7.30. The van der Waals surface area contributed by atoms with Crippen LogP contribution in [0.5, 0.6) is 5.75 Å². The number of amides is 1. The number of carbonyl (C=O) groups excluding carboxylic acids is 1. The minimum absolute atomic E-state index is 0.117. The smallest absolute Gasteiger partial charge is 0.267 e. The predicted octanol–water partition coefficient (Wildman–Crippen LogP) is 3.79. The van der Waals surface area contributed by atoms with Crippen LogP contribution in [-0.4, -0.2) is 35.0 Å². The largest absolute Gasteiger partial charge is 0.495 e. The number of sulfonamides is 1. The number of nitrogens with zero attached hydrogens (tertiary/aromatic N) is 1. The molecule has 0 unspecified atom stereocenters. The summed E-state index contributed by atoms with van der Waals surface area (Å²) in [6, 6.07) is 12.2. The third-order valence-electron chi connectivity index (χ3n) is 4.38. The Labute approximate surface area is 168 Å². The second-order valence-electron chi connectivity index (χ2n) is 6.32. The van der Waals surface area contributed by atoms with Crippen LogP contribution in [0.2, 0.25) is 0 Å². The summed E-state index contributed by atoms with van der Waals surface area (Å²) in [4.78, 5) is 12.8.